The fourth-order valence-corrected chi connectivity index (χ4v) is 4.97. The van der Waals surface area contributed by atoms with Gasteiger partial charge in [-0.2, -0.15) is 0 Å². The van der Waals surface area contributed by atoms with E-state index >= 15 is 0 Å². The highest BCUT2D eigenvalue weighted by atomic mass is 16.6. The van der Waals surface area contributed by atoms with Gasteiger partial charge in [-0.25, -0.2) is 0 Å². The maximum absolute atomic E-state index is 11.3. The lowest BCUT2D eigenvalue weighted by molar-refractivity contribution is -0.265. The Morgan fingerprint density at radius 3 is 2.31 bits per heavy atom. The first-order valence-electron chi connectivity index (χ1n) is 13.0. The lowest BCUT2D eigenvalue weighted by atomic mass is 9.84. The molecule has 1 saturated carbocycles. The number of aliphatic hydroxyl groups is 3. The molecule has 0 saturated heterocycles. The van der Waals surface area contributed by atoms with Crippen LogP contribution in [0, 0.1) is 0 Å². The van der Waals surface area contributed by atoms with Crippen LogP contribution in [0.25, 0.3) is 10.9 Å². The molecular formula is C29H39NO6. The Balaban J connectivity index is 1.53. The maximum atomic E-state index is 11.3. The number of ether oxygens (including phenoxy) is 3. The van der Waals surface area contributed by atoms with Crippen LogP contribution in [0.3, 0.4) is 0 Å². The first-order chi connectivity index (χ1) is 17.5. The number of benzene rings is 2. The van der Waals surface area contributed by atoms with Gasteiger partial charge in [0.05, 0.1) is 12.7 Å². The number of nitrogens with one attached hydrogen (secondary N) is 1. The molecule has 1 aliphatic rings. The number of hydrogen-bond donors (Lipinski definition) is 4. The van der Waals surface area contributed by atoms with E-state index in [2.05, 4.69) is 11.9 Å². The Labute approximate surface area is 213 Å². The molecule has 7 heteroatoms. The number of para-hydroxylation sites is 1. The van der Waals surface area contributed by atoms with Gasteiger partial charge in [0.2, 0.25) is 0 Å². The van der Waals surface area contributed by atoms with Gasteiger partial charge >= 0.3 is 0 Å². The van der Waals surface area contributed by atoms with Crippen molar-refractivity contribution in [3.63, 3.8) is 0 Å². The fraction of sp³-hybridized carbons (Fsp3) is 0.517. The van der Waals surface area contributed by atoms with Crippen molar-refractivity contribution in [2.75, 3.05) is 6.61 Å². The third-order valence-corrected chi connectivity index (χ3v) is 7.03. The topological polar surface area (TPSA) is 104 Å². The molecule has 2 aromatic carbocycles. The Kier molecular flexibility index (Phi) is 9.53. The van der Waals surface area contributed by atoms with E-state index in [9.17, 15) is 15.3 Å². The van der Waals surface area contributed by atoms with Gasteiger partial charge in [-0.1, -0.05) is 74.7 Å². The summed E-state index contributed by atoms with van der Waals surface area (Å²) in [4.78, 5) is 3.26. The maximum Gasteiger partial charge on any atom is 0.116 e. The van der Waals surface area contributed by atoms with Crippen LogP contribution in [0.4, 0.5) is 0 Å². The summed E-state index contributed by atoms with van der Waals surface area (Å²) in [5, 5.41) is 34.3. The molecule has 0 amide bonds. The second-order valence-electron chi connectivity index (χ2n) is 9.66. The van der Waals surface area contributed by atoms with E-state index in [1.165, 1.54) is 0 Å². The summed E-state index contributed by atoms with van der Waals surface area (Å²) in [6, 6.07) is 17.5. The Morgan fingerprint density at radius 1 is 0.806 bits per heavy atom. The molecule has 0 bridgehead atoms. The molecule has 7 atom stereocenters. The van der Waals surface area contributed by atoms with Gasteiger partial charge in [-0.3, -0.25) is 0 Å². The Morgan fingerprint density at radius 2 is 1.53 bits per heavy atom. The molecule has 7 nitrogen and oxygen atoms in total. The van der Waals surface area contributed by atoms with Crippen molar-refractivity contribution in [2.45, 2.75) is 88.9 Å². The highest BCUT2D eigenvalue weighted by Crippen LogP contribution is 2.34. The number of fused-ring (bicyclic) bond motifs is 1. The molecule has 1 aromatic heterocycles. The smallest absolute Gasteiger partial charge is 0.116 e. The van der Waals surface area contributed by atoms with Gasteiger partial charge in [-0.05, 0) is 25.0 Å². The number of rotatable bonds is 12. The monoisotopic (exact) mass is 497 g/mol. The minimum Gasteiger partial charge on any atom is -0.387 e. The summed E-state index contributed by atoms with van der Waals surface area (Å²) in [7, 11) is 0. The average Bonchev–Trinajstić information content (AvgIpc) is 3.33. The number of unbranched alkanes of at least 4 members (excludes halogenated alkanes) is 3. The highest BCUT2D eigenvalue weighted by Gasteiger charge is 2.52. The minimum absolute atomic E-state index is 0.214. The van der Waals surface area contributed by atoms with E-state index in [0.29, 0.717) is 6.61 Å². The van der Waals surface area contributed by atoms with E-state index in [4.69, 9.17) is 14.2 Å². The summed E-state index contributed by atoms with van der Waals surface area (Å²) < 4.78 is 18.4. The molecular weight excluding hydrogens is 458 g/mol. The number of H-pyrrole nitrogens is 1. The van der Waals surface area contributed by atoms with Crippen LogP contribution in [0.15, 0.2) is 60.8 Å². The van der Waals surface area contributed by atoms with E-state index < -0.39 is 42.7 Å². The summed E-state index contributed by atoms with van der Waals surface area (Å²) >= 11 is 0. The van der Waals surface area contributed by atoms with Crippen LogP contribution in [-0.2, 0) is 20.8 Å². The number of hydrogen-bond acceptors (Lipinski definition) is 6. The third kappa shape index (κ3) is 6.17. The zero-order valence-corrected chi connectivity index (χ0v) is 21.1. The lowest BCUT2D eigenvalue weighted by Gasteiger charge is -2.46. The molecule has 0 radical (unpaired) electrons. The van der Waals surface area contributed by atoms with Crippen LogP contribution in [-0.4, -0.2) is 63.5 Å². The SMILES string of the molecule is CCCCCCOC1C(O)C(O)C(OCc2ccccc2)C(OC(C)c2c[nH]c3ccccc23)C1O. The summed E-state index contributed by atoms with van der Waals surface area (Å²) in [6.45, 7) is 4.66. The Hall–Kier alpha value is -2.26. The van der Waals surface area contributed by atoms with Gasteiger partial charge in [0.25, 0.3) is 0 Å². The third-order valence-electron chi connectivity index (χ3n) is 7.03. The molecule has 196 valence electrons. The van der Waals surface area contributed by atoms with Crippen molar-refractivity contribution in [2.24, 2.45) is 0 Å². The lowest BCUT2D eigenvalue weighted by Crippen LogP contribution is -2.65. The largest absolute Gasteiger partial charge is 0.387 e. The van der Waals surface area contributed by atoms with Crippen molar-refractivity contribution in [3.05, 3.63) is 71.9 Å². The van der Waals surface area contributed by atoms with Gasteiger partial charge in [0.15, 0.2) is 0 Å². The molecule has 1 fully saturated rings. The van der Waals surface area contributed by atoms with E-state index in [1.807, 2.05) is 67.7 Å². The number of aromatic nitrogens is 1. The van der Waals surface area contributed by atoms with Crippen molar-refractivity contribution < 1.29 is 29.5 Å². The molecule has 7 unspecified atom stereocenters. The van der Waals surface area contributed by atoms with Gasteiger partial charge in [-0.15, -0.1) is 0 Å². The minimum atomic E-state index is -1.30. The standard InChI is InChI=1S/C29H39NO6/c1-3-4-5-11-16-34-27-24(31)25(32)28(35-18-20-12-7-6-8-13-20)29(26(27)33)36-19(2)22-17-30-23-15-10-9-14-21(22)23/h6-10,12-15,17,19,24-33H,3-5,11,16,18H2,1-2H3. The van der Waals surface area contributed by atoms with Crippen molar-refractivity contribution in [3.8, 4) is 0 Å². The molecule has 36 heavy (non-hydrogen) atoms. The Bertz CT molecular complexity index is 1060. The van der Waals surface area contributed by atoms with E-state index in [1.54, 1.807) is 0 Å². The normalized spacial score (nSPS) is 27.4. The van der Waals surface area contributed by atoms with Crippen LogP contribution >= 0.6 is 0 Å². The van der Waals surface area contributed by atoms with Crippen LogP contribution in [0.2, 0.25) is 0 Å². The van der Waals surface area contributed by atoms with Gasteiger partial charge in [0.1, 0.15) is 36.6 Å². The fourth-order valence-electron chi connectivity index (χ4n) is 4.97. The van der Waals surface area contributed by atoms with Crippen molar-refractivity contribution >= 4 is 10.9 Å². The summed E-state index contributed by atoms with van der Waals surface area (Å²) in [5.41, 5.74) is 2.86. The molecule has 1 aliphatic carbocycles. The van der Waals surface area contributed by atoms with Crippen LogP contribution in [0.5, 0.6) is 0 Å². The number of aromatic amines is 1. The first kappa shape index (κ1) is 26.8. The van der Waals surface area contributed by atoms with Gasteiger partial charge in [0, 0.05) is 29.3 Å². The quantitative estimate of drug-likeness (QED) is 0.279. The van der Waals surface area contributed by atoms with E-state index in [-0.39, 0.29) is 6.61 Å². The van der Waals surface area contributed by atoms with Crippen LogP contribution < -0.4 is 0 Å². The first-order valence-corrected chi connectivity index (χ1v) is 13.0. The second kappa shape index (κ2) is 12.8. The van der Waals surface area contributed by atoms with E-state index in [0.717, 1.165) is 47.7 Å². The predicted molar refractivity (Wildman–Crippen MR) is 139 cm³/mol. The van der Waals surface area contributed by atoms with Crippen molar-refractivity contribution in [1.29, 1.82) is 0 Å². The summed E-state index contributed by atoms with van der Waals surface area (Å²) in [6.07, 6.45) is -1.04. The molecule has 3 aromatic rings. The average molecular weight is 498 g/mol. The predicted octanol–water partition coefficient (Wildman–Crippen LogP) is 4.26. The number of aliphatic hydroxyl groups excluding tert-OH is 3. The zero-order chi connectivity index (χ0) is 25.5. The second-order valence-corrected chi connectivity index (χ2v) is 9.66. The summed E-state index contributed by atoms with van der Waals surface area (Å²) in [5.74, 6) is 0. The molecule has 4 rings (SSSR count). The molecule has 4 N–H and O–H groups in total. The highest BCUT2D eigenvalue weighted by molar-refractivity contribution is 5.83. The zero-order valence-electron chi connectivity index (χ0n) is 21.1. The van der Waals surface area contributed by atoms with Gasteiger partial charge < -0.3 is 34.5 Å². The van der Waals surface area contributed by atoms with Crippen molar-refractivity contribution in [1.82, 2.24) is 4.98 Å². The molecule has 0 spiro atoms. The molecule has 0 aliphatic heterocycles. The van der Waals surface area contributed by atoms with Crippen LogP contribution in [0.1, 0.15) is 56.8 Å². The molecule has 1 heterocycles.